The lowest BCUT2D eigenvalue weighted by atomic mass is 9.87. The molecule has 0 radical (unpaired) electrons. The van der Waals surface area contributed by atoms with Crippen LogP contribution in [-0.2, 0) is 6.61 Å². The summed E-state index contributed by atoms with van der Waals surface area (Å²) in [6, 6.07) is 8.64. The second kappa shape index (κ2) is 8.52. The van der Waals surface area contributed by atoms with Crippen LogP contribution >= 0.6 is 35.0 Å². The third-order valence-electron chi connectivity index (χ3n) is 4.08. The van der Waals surface area contributed by atoms with Crippen LogP contribution < -0.4 is 5.56 Å². The minimum absolute atomic E-state index is 0.0597. The number of hydrogen-bond acceptors (Lipinski definition) is 4. The first-order chi connectivity index (χ1) is 12.9. The van der Waals surface area contributed by atoms with Crippen molar-refractivity contribution in [1.82, 2.24) is 15.0 Å². The van der Waals surface area contributed by atoms with E-state index in [1.165, 1.54) is 17.8 Å². The minimum atomic E-state index is -0.194. The van der Waals surface area contributed by atoms with Gasteiger partial charge in [-0.1, -0.05) is 54.9 Å². The van der Waals surface area contributed by atoms with E-state index in [1.807, 2.05) is 18.2 Å². The Kier molecular flexibility index (Phi) is 6.32. The molecule has 0 bridgehead atoms. The second-order valence-electron chi connectivity index (χ2n) is 6.47. The van der Waals surface area contributed by atoms with Crippen molar-refractivity contribution in [3.63, 3.8) is 0 Å². The van der Waals surface area contributed by atoms with E-state index >= 15 is 0 Å². The summed E-state index contributed by atoms with van der Waals surface area (Å²) in [5.41, 5.74) is 1.61. The number of aliphatic hydroxyl groups is 1. The number of aliphatic hydroxyl groups excluding tert-OH is 1. The third kappa shape index (κ3) is 4.76. The maximum absolute atomic E-state index is 11.4. The van der Waals surface area contributed by atoms with E-state index in [0.717, 1.165) is 21.2 Å². The highest BCUT2D eigenvalue weighted by Gasteiger charge is 2.26. The Morgan fingerprint density at radius 1 is 1.19 bits per heavy atom. The molecule has 8 heteroatoms. The fourth-order valence-corrected chi connectivity index (χ4v) is 4.67. The van der Waals surface area contributed by atoms with Crippen molar-refractivity contribution >= 4 is 35.0 Å². The molecule has 0 fully saturated rings. The lowest BCUT2D eigenvalue weighted by molar-refractivity contribution is 0.272. The molecule has 2 heterocycles. The lowest BCUT2D eigenvalue weighted by Crippen LogP contribution is -2.13. The zero-order chi connectivity index (χ0) is 19.6. The number of hydrogen-bond donors (Lipinski definition) is 3. The number of aromatic amines is 2. The average molecular weight is 424 g/mol. The first-order valence-electron chi connectivity index (χ1n) is 8.39. The number of rotatable bonds is 6. The van der Waals surface area contributed by atoms with Gasteiger partial charge in [0.25, 0.3) is 0 Å². The van der Waals surface area contributed by atoms with Crippen molar-refractivity contribution in [2.24, 2.45) is 5.92 Å². The van der Waals surface area contributed by atoms with E-state index in [1.54, 1.807) is 12.3 Å². The first kappa shape index (κ1) is 20.0. The molecular formula is C19H19Cl2N3O2S. The van der Waals surface area contributed by atoms with Gasteiger partial charge in [-0.2, -0.15) is 0 Å². The number of pyridine rings is 1. The van der Waals surface area contributed by atoms with Gasteiger partial charge in [-0.15, -0.1) is 0 Å². The summed E-state index contributed by atoms with van der Waals surface area (Å²) in [5.74, 6) is 0.638. The third-order valence-corrected chi connectivity index (χ3v) is 5.50. The number of H-pyrrole nitrogens is 2. The maximum atomic E-state index is 11.4. The van der Waals surface area contributed by atoms with Crippen LogP contribution in [0.15, 0.2) is 51.2 Å². The van der Waals surface area contributed by atoms with Gasteiger partial charge < -0.3 is 15.1 Å². The van der Waals surface area contributed by atoms with Crippen LogP contribution in [0.2, 0.25) is 10.0 Å². The summed E-state index contributed by atoms with van der Waals surface area (Å²) in [5, 5.41) is 11.5. The number of benzene rings is 1. The Morgan fingerprint density at radius 2 is 1.89 bits per heavy atom. The molecule has 3 aromatic rings. The predicted molar refractivity (Wildman–Crippen MR) is 109 cm³/mol. The Hall–Kier alpha value is -1.73. The number of halogens is 2. The van der Waals surface area contributed by atoms with Crippen LogP contribution in [0.3, 0.4) is 0 Å². The summed E-state index contributed by atoms with van der Waals surface area (Å²) in [6.07, 6.45) is 1.71. The zero-order valence-electron chi connectivity index (χ0n) is 14.8. The van der Waals surface area contributed by atoms with Crippen molar-refractivity contribution in [3.8, 4) is 0 Å². The van der Waals surface area contributed by atoms with Gasteiger partial charge in [0.05, 0.1) is 5.69 Å². The molecule has 3 N–H and O–H groups in total. The van der Waals surface area contributed by atoms with Gasteiger partial charge in [-0.3, -0.25) is 4.79 Å². The average Bonchev–Trinajstić information content (AvgIpc) is 2.98. The van der Waals surface area contributed by atoms with Gasteiger partial charge in [0.1, 0.15) is 17.5 Å². The Labute approximate surface area is 171 Å². The monoisotopic (exact) mass is 423 g/mol. The van der Waals surface area contributed by atoms with E-state index in [2.05, 4.69) is 28.8 Å². The molecule has 27 heavy (non-hydrogen) atoms. The van der Waals surface area contributed by atoms with Gasteiger partial charge in [-0.25, -0.2) is 4.98 Å². The van der Waals surface area contributed by atoms with E-state index in [4.69, 9.17) is 23.2 Å². The highest BCUT2D eigenvalue weighted by Crippen LogP contribution is 2.39. The van der Waals surface area contributed by atoms with Crippen molar-refractivity contribution in [2.75, 3.05) is 0 Å². The molecule has 2 aromatic heterocycles. The molecule has 0 aliphatic carbocycles. The van der Waals surface area contributed by atoms with Crippen LogP contribution in [0.1, 0.15) is 36.8 Å². The van der Waals surface area contributed by atoms with Crippen molar-refractivity contribution < 1.29 is 5.11 Å². The summed E-state index contributed by atoms with van der Waals surface area (Å²) in [7, 11) is 0. The second-order valence-corrected chi connectivity index (χ2v) is 8.43. The van der Waals surface area contributed by atoms with Crippen molar-refractivity contribution in [2.45, 2.75) is 36.3 Å². The van der Waals surface area contributed by atoms with Gasteiger partial charge >= 0.3 is 0 Å². The van der Waals surface area contributed by atoms with Crippen LogP contribution in [0.5, 0.6) is 0 Å². The fraction of sp³-hybridized carbons (Fsp3) is 0.263. The molecule has 3 rings (SSSR count). The zero-order valence-corrected chi connectivity index (χ0v) is 17.1. The quantitative estimate of drug-likeness (QED) is 0.529. The Balaban J connectivity index is 2.06. The van der Waals surface area contributed by atoms with Crippen LogP contribution in [-0.4, -0.2) is 20.1 Å². The molecule has 0 spiro atoms. The Bertz CT molecular complexity index is 960. The molecule has 0 saturated carbocycles. The molecule has 1 atom stereocenters. The lowest BCUT2D eigenvalue weighted by Gasteiger charge is -2.20. The van der Waals surface area contributed by atoms with Crippen LogP contribution in [0.4, 0.5) is 0 Å². The number of aromatic nitrogens is 3. The molecule has 1 aromatic carbocycles. The highest BCUT2D eigenvalue weighted by molar-refractivity contribution is 7.99. The van der Waals surface area contributed by atoms with E-state index in [9.17, 15) is 9.90 Å². The van der Waals surface area contributed by atoms with Crippen molar-refractivity contribution in [1.29, 1.82) is 0 Å². The van der Waals surface area contributed by atoms with Crippen LogP contribution in [0, 0.1) is 5.92 Å². The van der Waals surface area contributed by atoms with Gasteiger partial charge in [-0.05, 0) is 29.7 Å². The van der Waals surface area contributed by atoms with Gasteiger partial charge in [0.15, 0.2) is 0 Å². The molecule has 0 amide bonds. The molecule has 0 aliphatic heterocycles. The molecular weight excluding hydrogens is 405 g/mol. The number of imidazole rings is 1. The largest absolute Gasteiger partial charge is 0.388 e. The normalized spacial score (nSPS) is 12.5. The van der Waals surface area contributed by atoms with E-state index < -0.39 is 0 Å². The molecule has 0 saturated heterocycles. The van der Waals surface area contributed by atoms with E-state index in [-0.39, 0.29) is 24.0 Å². The first-order valence-corrected chi connectivity index (χ1v) is 9.97. The molecule has 142 valence electrons. The van der Waals surface area contributed by atoms with Gasteiger partial charge in [0.2, 0.25) is 5.56 Å². The topological polar surface area (TPSA) is 81.8 Å². The SMILES string of the molecule is CC(C)C(c1ccc(=O)[nH]c1)c1nc(CO)[nH]c1Sc1cc(Cl)cc(Cl)c1. The standard InChI is InChI=1S/C19H19Cl2N3O2S/c1-10(2)17(11-3-4-16(26)22-8-11)18-19(24-15(9-25)23-18)27-14-6-12(20)5-13(21)7-14/h3-8,10,17,25H,9H2,1-2H3,(H,22,26)(H,23,24). The number of nitrogens with zero attached hydrogens (tertiary/aromatic N) is 1. The van der Waals surface area contributed by atoms with Crippen LogP contribution in [0.25, 0.3) is 0 Å². The summed E-state index contributed by atoms with van der Waals surface area (Å²) in [4.78, 5) is 22.8. The maximum Gasteiger partial charge on any atom is 0.247 e. The Morgan fingerprint density at radius 3 is 2.44 bits per heavy atom. The summed E-state index contributed by atoms with van der Waals surface area (Å²) in [6.45, 7) is 3.99. The molecule has 1 unspecified atom stereocenters. The highest BCUT2D eigenvalue weighted by atomic mass is 35.5. The summed E-state index contributed by atoms with van der Waals surface area (Å²) >= 11 is 13.7. The minimum Gasteiger partial charge on any atom is -0.388 e. The molecule has 0 aliphatic rings. The van der Waals surface area contributed by atoms with E-state index in [0.29, 0.717) is 15.9 Å². The summed E-state index contributed by atoms with van der Waals surface area (Å²) < 4.78 is 0. The smallest absolute Gasteiger partial charge is 0.247 e. The molecule has 5 nitrogen and oxygen atoms in total. The van der Waals surface area contributed by atoms with Crippen molar-refractivity contribution in [3.05, 3.63) is 74.0 Å². The predicted octanol–water partition coefficient (Wildman–Crippen LogP) is 4.84. The fourth-order valence-electron chi connectivity index (χ4n) is 2.96. The van der Waals surface area contributed by atoms with Gasteiger partial charge in [0, 0.05) is 33.1 Å². The number of nitrogens with one attached hydrogen (secondary N) is 2.